The van der Waals surface area contributed by atoms with Gasteiger partial charge >= 0.3 is 35.8 Å². The number of para-hydroxylation sites is 2. The van der Waals surface area contributed by atoms with E-state index in [9.17, 15) is 64.6 Å². The standard InChI is InChI=1S/C62H66N8O20/c1-7-68-38(4)52(59(74)83-6)54(40-18-14-20-44(28-40)70(80)81)56(57(71)72)48(68)36-85-26-24-66-32-46(34-88-50-22-12-10-16-42(50)30-64)90-62(77)61(76)89-45(33-87-49-21-11-9-15-41(49)29-63)31-65-23-25-84-35-47-55(60(75)86-8-2)53(51(37(3)67-47)58(73)82-5)39-17-13-19-43(27-39)69(78)79/h9-22,27-28,45-46,53-54,65-67H,7-8,23-26,31-36H2,1-6H3,(H,71,72). The van der Waals surface area contributed by atoms with Crippen molar-refractivity contribution in [2.75, 3.05) is 93.2 Å². The van der Waals surface area contributed by atoms with Gasteiger partial charge in [-0.1, -0.05) is 48.5 Å². The third kappa shape index (κ3) is 17.6. The maximum Gasteiger partial charge on any atom is 0.417 e. The summed E-state index contributed by atoms with van der Waals surface area (Å²) < 4.78 is 50.6. The van der Waals surface area contributed by atoms with Gasteiger partial charge in [0.2, 0.25) is 0 Å². The molecule has 4 aromatic carbocycles. The molecule has 0 bridgehead atoms. The van der Waals surface area contributed by atoms with Crippen LogP contribution in [-0.4, -0.2) is 161 Å². The molecule has 4 N–H and O–H groups in total. The van der Waals surface area contributed by atoms with E-state index >= 15 is 0 Å². The number of methoxy groups -OCH3 is 2. The van der Waals surface area contributed by atoms with Gasteiger partial charge in [-0.15, -0.1) is 0 Å². The lowest BCUT2D eigenvalue weighted by molar-refractivity contribution is -0.385. The Morgan fingerprint density at radius 1 is 0.656 bits per heavy atom. The summed E-state index contributed by atoms with van der Waals surface area (Å²) >= 11 is 0. The number of carboxylic acid groups (broad SMARTS) is 1. The smallest absolute Gasteiger partial charge is 0.417 e. The molecule has 4 unspecified atom stereocenters. The number of hydrogen-bond donors (Lipinski definition) is 4. The molecule has 0 amide bonds. The fourth-order valence-corrected chi connectivity index (χ4v) is 9.92. The number of benzene rings is 4. The number of nitro benzene ring substituents is 2. The van der Waals surface area contributed by atoms with E-state index in [-0.39, 0.29) is 163 Å². The number of esters is 5. The number of ether oxygens (including phenoxy) is 9. The second-order valence-electron chi connectivity index (χ2n) is 19.6. The minimum Gasteiger partial charge on any atom is -0.488 e. The summed E-state index contributed by atoms with van der Waals surface area (Å²) in [7, 11) is 2.30. The Labute approximate surface area is 516 Å². The molecule has 28 nitrogen and oxygen atoms in total. The summed E-state index contributed by atoms with van der Waals surface area (Å²) in [5.41, 5.74) is 0.760. The van der Waals surface area contributed by atoms with Crippen LogP contribution in [0.15, 0.2) is 142 Å². The van der Waals surface area contributed by atoms with Crippen molar-refractivity contribution in [1.82, 2.24) is 20.9 Å². The maximum atomic E-state index is 13.7. The summed E-state index contributed by atoms with van der Waals surface area (Å²) in [6, 6.07) is 27.3. The molecule has 4 aromatic rings. The second kappa shape index (κ2) is 33.6. The number of carbonyl (C=O) groups excluding carboxylic acids is 5. The normalized spacial score (nSPS) is 15.3. The molecule has 6 rings (SSSR count). The van der Waals surface area contributed by atoms with Crippen molar-refractivity contribution in [3.63, 3.8) is 0 Å². The quantitative estimate of drug-likeness (QED) is 0.0120. The molecule has 2 heterocycles. The van der Waals surface area contributed by atoms with Crippen LogP contribution in [0, 0.1) is 42.9 Å². The average Bonchev–Trinajstić information content (AvgIpc) is 0.799. The van der Waals surface area contributed by atoms with Crippen LogP contribution < -0.4 is 25.4 Å². The number of nitriles is 2. The molecule has 2 aliphatic heterocycles. The minimum atomic E-state index is -1.45. The summed E-state index contributed by atoms with van der Waals surface area (Å²) in [6.07, 6.45) is -2.45. The Kier molecular flexibility index (Phi) is 25.6. The number of nitrogens with zero attached hydrogens (tertiary/aromatic N) is 5. The van der Waals surface area contributed by atoms with Gasteiger partial charge in [-0.05, 0) is 63.1 Å². The first-order valence-electron chi connectivity index (χ1n) is 28.0. The topological polar surface area (TPSA) is 379 Å². The van der Waals surface area contributed by atoms with E-state index in [1.165, 1.54) is 72.8 Å². The number of dihydropyridines is 1. The number of allylic oxidation sites excluding steroid dienone is 2. The highest BCUT2D eigenvalue weighted by Gasteiger charge is 2.42. The van der Waals surface area contributed by atoms with Crippen LogP contribution in [0.4, 0.5) is 11.4 Å². The predicted molar refractivity (Wildman–Crippen MR) is 315 cm³/mol. The molecular weight excluding hydrogens is 1180 g/mol. The summed E-state index contributed by atoms with van der Waals surface area (Å²) in [5.74, 6) is -8.92. The summed E-state index contributed by atoms with van der Waals surface area (Å²) in [6.45, 7) is 4.93. The van der Waals surface area contributed by atoms with Gasteiger partial charge in [-0.2, -0.15) is 10.5 Å². The van der Waals surface area contributed by atoms with Crippen molar-refractivity contribution in [2.24, 2.45) is 0 Å². The largest absolute Gasteiger partial charge is 0.488 e. The molecule has 0 saturated carbocycles. The minimum absolute atomic E-state index is 0.0129. The van der Waals surface area contributed by atoms with E-state index in [1.807, 2.05) is 12.1 Å². The molecule has 0 saturated heterocycles. The first-order chi connectivity index (χ1) is 43.3. The van der Waals surface area contributed by atoms with Crippen molar-refractivity contribution in [2.45, 2.75) is 51.7 Å². The fraction of sp³-hybridized carbons (Fsp3) is 0.355. The zero-order chi connectivity index (χ0) is 65.4. The first kappa shape index (κ1) is 68.6. The molecule has 4 atom stereocenters. The molecule has 90 heavy (non-hydrogen) atoms. The Morgan fingerprint density at radius 3 is 1.59 bits per heavy atom. The number of rotatable bonds is 32. The molecule has 0 spiro atoms. The Balaban J connectivity index is 1.14. The molecule has 0 aliphatic carbocycles. The van der Waals surface area contributed by atoms with Crippen LogP contribution in [-0.2, 0) is 61.9 Å². The second-order valence-corrected chi connectivity index (χ2v) is 19.6. The van der Waals surface area contributed by atoms with Gasteiger partial charge in [-0.3, -0.25) is 20.2 Å². The van der Waals surface area contributed by atoms with Crippen LogP contribution in [0.1, 0.15) is 61.8 Å². The third-order valence-electron chi connectivity index (χ3n) is 14.0. The number of carbonyl (C=O) groups is 6. The highest BCUT2D eigenvalue weighted by Crippen LogP contribution is 2.44. The molecular formula is C62H66N8O20. The number of nitrogens with one attached hydrogen (secondary N) is 3. The predicted octanol–water partition coefficient (Wildman–Crippen LogP) is 5.30. The fourth-order valence-electron chi connectivity index (χ4n) is 9.92. The van der Waals surface area contributed by atoms with Crippen molar-refractivity contribution < 1.29 is 86.4 Å². The maximum absolute atomic E-state index is 13.7. The highest BCUT2D eigenvalue weighted by atomic mass is 16.6. The summed E-state index contributed by atoms with van der Waals surface area (Å²) in [5, 5.41) is 62.9. The number of nitro groups is 2. The number of aliphatic carboxylic acids is 1. The van der Waals surface area contributed by atoms with Crippen molar-refractivity contribution in [3.05, 3.63) is 185 Å². The molecule has 0 fully saturated rings. The average molecular weight is 1240 g/mol. The van der Waals surface area contributed by atoms with Gasteiger partial charge in [0.1, 0.15) is 49.1 Å². The van der Waals surface area contributed by atoms with E-state index < -0.39 is 69.7 Å². The molecule has 0 aromatic heterocycles. The van der Waals surface area contributed by atoms with Crippen LogP contribution >= 0.6 is 0 Å². The molecule has 2 aliphatic rings. The van der Waals surface area contributed by atoms with Gasteiger partial charge in [0, 0.05) is 68.4 Å². The van der Waals surface area contributed by atoms with Gasteiger partial charge in [0.15, 0.2) is 0 Å². The van der Waals surface area contributed by atoms with E-state index in [0.717, 1.165) is 14.2 Å². The lowest BCUT2D eigenvalue weighted by Crippen LogP contribution is -2.42. The number of non-ortho nitro benzene ring substituents is 2. The van der Waals surface area contributed by atoms with Crippen molar-refractivity contribution in [3.8, 4) is 23.6 Å². The van der Waals surface area contributed by atoms with Gasteiger partial charge in [0.05, 0.1) is 114 Å². The van der Waals surface area contributed by atoms with Crippen molar-refractivity contribution in [1.29, 1.82) is 10.5 Å². The SMILES string of the molecule is CCOC(=O)C1=C(COCCNCC(COc2ccccc2C#N)OC(=O)C(=O)OC(CNCCOCC2=C(C(=O)O)C(c3cccc([N+](=O)[O-])c3)C(C(=O)OC)=C(C)N2CC)COc2ccccc2C#N)NC(C)=C(C(=O)OC)C1c1cccc([N+](=O)[O-])c1. The van der Waals surface area contributed by atoms with Gasteiger partial charge < -0.3 is 68.6 Å². The van der Waals surface area contributed by atoms with E-state index in [1.54, 1.807) is 56.9 Å². The Bertz CT molecular complexity index is 3570. The first-order valence-corrected chi connectivity index (χ1v) is 28.0. The highest BCUT2D eigenvalue weighted by molar-refractivity contribution is 6.29. The van der Waals surface area contributed by atoms with Gasteiger partial charge in [-0.25, -0.2) is 28.8 Å². The summed E-state index contributed by atoms with van der Waals surface area (Å²) in [4.78, 5) is 105. The van der Waals surface area contributed by atoms with Crippen LogP contribution in [0.25, 0.3) is 0 Å². The van der Waals surface area contributed by atoms with Crippen LogP contribution in [0.3, 0.4) is 0 Å². The Morgan fingerprint density at radius 2 is 1.13 bits per heavy atom. The van der Waals surface area contributed by atoms with Crippen molar-refractivity contribution >= 4 is 47.2 Å². The molecule has 28 heteroatoms. The van der Waals surface area contributed by atoms with Gasteiger partial charge in [0.25, 0.3) is 11.4 Å². The van der Waals surface area contributed by atoms with E-state index in [2.05, 4.69) is 16.0 Å². The van der Waals surface area contributed by atoms with E-state index in [4.69, 9.17) is 42.6 Å². The zero-order valence-electron chi connectivity index (χ0n) is 50.0. The number of carboxylic acids is 1. The Hall–Kier alpha value is -10.5. The monoisotopic (exact) mass is 1240 g/mol. The molecule has 0 radical (unpaired) electrons. The number of likely N-dealkylation sites (N-methyl/N-ethyl adjacent to an activating group) is 1. The van der Waals surface area contributed by atoms with Crippen LogP contribution in [0.5, 0.6) is 11.5 Å². The third-order valence-corrected chi connectivity index (χ3v) is 14.0. The van der Waals surface area contributed by atoms with Crippen LogP contribution in [0.2, 0.25) is 0 Å². The zero-order valence-corrected chi connectivity index (χ0v) is 50.0. The lowest BCUT2D eigenvalue weighted by Gasteiger charge is -2.38. The molecule has 474 valence electrons. The number of hydrogen-bond acceptors (Lipinski definition) is 25. The van der Waals surface area contributed by atoms with E-state index in [0.29, 0.717) is 5.70 Å². The lowest BCUT2D eigenvalue weighted by atomic mass is 9.79.